The highest BCUT2D eigenvalue weighted by atomic mass is 35.5. The van der Waals surface area contributed by atoms with Crippen LogP contribution in [0.1, 0.15) is 49.9 Å². The number of hydrogen-bond donors (Lipinski definition) is 2. The van der Waals surface area contributed by atoms with Crippen LogP contribution in [0, 0.1) is 25.5 Å². The van der Waals surface area contributed by atoms with Gasteiger partial charge in [-0.25, -0.2) is 8.78 Å². The van der Waals surface area contributed by atoms with Crippen molar-refractivity contribution in [1.82, 2.24) is 0 Å². The van der Waals surface area contributed by atoms with Gasteiger partial charge in [-0.3, -0.25) is 0 Å². The molecule has 0 atom stereocenters. The average molecular weight is 421 g/mol. The molecule has 2 rings (SSSR count). The maximum Gasteiger partial charge on any atom is 0.127 e. The van der Waals surface area contributed by atoms with Crippen molar-refractivity contribution in [2.24, 2.45) is 0 Å². The highest BCUT2D eigenvalue weighted by Crippen LogP contribution is 2.34. The van der Waals surface area contributed by atoms with Crippen molar-refractivity contribution in [3.8, 4) is 0 Å². The van der Waals surface area contributed by atoms with Crippen LogP contribution in [0.25, 0.3) is 0 Å². The minimum atomic E-state index is -1.03. The first-order chi connectivity index (χ1) is 11.6. The van der Waals surface area contributed by atoms with Gasteiger partial charge in [-0.15, -0.1) is 0 Å². The summed E-state index contributed by atoms with van der Waals surface area (Å²) < 4.78 is 25.7. The lowest BCUT2D eigenvalue weighted by molar-refractivity contribution is 0.0786. The zero-order valence-electron chi connectivity index (χ0n) is 15.7. The van der Waals surface area contributed by atoms with E-state index in [0.717, 1.165) is 5.56 Å². The summed E-state index contributed by atoms with van der Waals surface area (Å²) in [5.74, 6) is -0.621. The molecular formula is C20H24Cl2F2OS. The summed E-state index contributed by atoms with van der Waals surface area (Å²) in [4.78, 5) is 0. The van der Waals surface area contributed by atoms with Crippen LogP contribution >= 0.6 is 35.8 Å². The fourth-order valence-corrected chi connectivity index (χ4v) is 3.27. The van der Waals surface area contributed by atoms with Crippen LogP contribution in [0.4, 0.5) is 8.78 Å². The molecule has 0 radical (unpaired) electrons. The molecule has 2 aromatic rings. The topological polar surface area (TPSA) is 20.2 Å². The van der Waals surface area contributed by atoms with Gasteiger partial charge in [0.1, 0.15) is 11.6 Å². The third-order valence-corrected chi connectivity index (χ3v) is 4.68. The molecule has 0 aliphatic rings. The van der Waals surface area contributed by atoms with Crippen LogP contribution in [0.5, 0.6) is 0 Å². The average Bonchev–Trinajstić information content (AvgIpc) is 2.45. The Morgan fingerprint density at radius 3 is 1.50 bits per heavy atom. The Morgan fingerprint density at radius 2 is 1.15 bits per heavy atom. The fourth-order valence-electron chi connectivity index (χ4n) is 2.25. The molecule has 1 nitrogen and oxygen atoms in total. The van der Waals surface area contributed by atoms with Crippen LogP contribution < -0.4 is 0 Å². The molecule has 0 bridgehead atoms. The SMILES string of the molecule is Cc1cc(C(C)(C)O)c(Cl)cc1F.Cc1cc(C(C)(C)S)c(Cl)cc1F. The first kappa shape index (κ1) is 23.2. The third-order valence-electron chi connectivity index (χ3n) is 3.81. The molecule has 26 heavy (non-hydrogen) atoms. The van der Waals surface area contributed by atoms with Crippen LogP contribution in [0.15, 0.2) is 24.3 Å². The lowest BCUT2D eigenvalue weighted by Crippen LogP contribution is -2.16. The second-order valence-electron chi connectivity index (χ2n) is 7.28. The number of thiol groups is 1. The number of benzene rings is 2. The number of rotatable bonds is 2. The van der Waals surface area contributed by atoms with Gasteiger partial charge >= 0.3 is 0 Å². The lowest BCUT2D eigenvalue weighted by Gasteiger charge is -2.20. The van der Waals surface area contributed by atoms with Gasteiger partial charge in [-0.05, 0) is 76.4 Å². The molecule has 0 unspecified atom stereocenters. The van der Waals surface area contributed by atoms with Crippen molar-refractivity contribution in [2.75, 3.05) is 0 Å². The fraction of sp³-hybridized carbons (Fsp3) is 0.400. The van der Waals surface area contributed by atoms with Crippen molar-refractivity contribution in [1.29, 1.82) is 0 Å². The minimum Gasteiger partial charge on any atom is -0.386 e. The maximum absolute atomic E-state index is 13.0. The zero-order valence-corrected chi connectivity index (χ0v) is 18.1. The Hall–Kier alpha value is -0.810. The minimum absolute atomic E-state index is 0.260. The summed E-state index contributed by atoms with van der Waals surface area (Å²) in [5, 5.41) is 10.4. The predicted molar refractivity (Wildman–Crippen MR) is 110 cm³/mol. The monoisotopic (exact) mass is 420 g/mol. The largest absolute Gasteiger partial charge is 0.386 e. The molecular weight excluding hydrogens is 397 g/mol. The Kier molecular flexibility index (Phi) is 7.57. The Bertz CT molecular complexity index is 726. The van der Waals surface area contributed by atoms with Crippen LogP contribution in [-0.4, -0.2) is 5.11 Å². The molecule has 0 aromatic heterocycles. The van der Waals surface area contributed by atoms with Crippen LogP contribution in [0.2, 0.25) is 10.0 Å². The zero-order chi connectivity index (χ0) is 20.4. The van der Waals surface area contributed by atoms with Crippen molar-refractivity contribution in [2.45, 2.75) is 51.9 Å². The number of aryl methyl sites for hydroxylation is 2. The highest BCUT2D eigenvalue weighted by molar-refractivity contribution is 7.81. The molecule has 0 fully saturated rings. The summed E-state index contributed by atoms with van der Waals surface area (Å²) in [7, 11) is 0. The maximum atomic E-state index is 13.0. The van der Waals surface area contributed by atoms with Crippen LogP contribution in [-0.2, 0) is 10.3 Å². The van der Waals surface area contributed by atoms with E-state index in [4.69, 9.17) is 23.2 Å². The standard InChI is InChI=1S/C10H12ClFO.C10H12ClFS/c2*1-6-4-7(10(2,3)13)8(11)5-9(6)12/h2*4-5,13H,1-3H3. The molecule has 2 aromatic carbocycles. The molecule has 0 aliphatic heterocycles. The summed E-state index contributed by atoms with van der Waals surface area (Å²) in [5.41, 5.74) is 1.46. The van der Waals surface area contributed by atoms with E-state index in [0.29, 0.717) is 21.7 Å². The molecule has 0 spiro atoms. The van der Waals surface area contributed by atoms with Gasteiger partial charge in [0.15, 0.2) is 0 Å². The van der Waals surface area contributed by atoms with Crippen LogP contribution in [0.3, 0.4) is 0 Å². The van der Waals surface area contributed by atoms with E-state index in [1.165, 1.54) is 12.1 Å². The van der Waals surface area contributed by atoms with Gasteiger partial charge in [0, 0.05) is 20.4 Å². The molecule has 0 saturated carbocycles. The van der Waals surface area contributed by atoms with E-state index in [2.05, 4.69) is 12.6 Å². The normalized spacial score (nSPS) is 11.8. The lowest BCUT2D eigenvalue weighted by atomic mass is 9.96. The molecule has 6 heteroatoms. The Labute approximate surface area is 169 Å². The van der Waals surface area contributed by atoms with Gasteiger partial charge in [-0.2, -0.15) is 12.6 Å². The van der Waals surface area contributed by atoms with Crippen molar-refractivity contribution < 1.29 is 13.9 Å². The molecule has 0 saturated heterocycles. The smallest absolute Gasteiger partial charge is 0.127 e. The highest BCUT2D eigenvalue weighted by Gasteiger charge is 2.21. The number of hydrogen-bond acceptors (Lipinski definition) is 2. The second kappa shape index (κ2) is 8.47. The van der Waals surface area contributed by atoms with E-state index >= 15 is 0 Å². The number of halogens is 4. The predicted octanol–water partition coefficient (Wildman–Crippen LogP) is 6.97. The summed E-state index contributed by atoms with van der Waals surface area (Å²) >= 11 is 16.1. The van der Waals surface area contributed by atoms with Gasteiger partial charge in [0.05, 0.1) is 5.60 Å². The van der Waals surface area contributed by atoms with Crippen molar-refractivity contribution in [3.63, 3.8) is 0 Å². The first-order valence-electron chi connectivity index (χ1n) is 8.01. The van der Waals surface area contributed by atoms with E-state index in [-0.39, 0.29) is 21.4 Å². The van der Waals surface area contributed by atoms with Gasteiger partial charge < -0.3 is 5.11 Å². The van der Waals surface area contributed by atoms with Gasteiger partial charge in [0.25, 0.3) is 0 Å². The summed E-state index contributed by atoms with van der Waals surface area (Å²) in [6.07, 6.45) is 0. The van der Waals surface area contributed by atoms with Crippen molar-refractivity contribution in [3.05, 3.63) is 68.2 Å². The van der Waals surface area contributed by atoms with E-state index in [9.17, 15) is 13.9 Å². The molecule has 0 heterocycles. The van der Waals surface area contributed by atoms with Gasteiger partial charge in [0.2, 0.25) is 0 Å². The molecule has 1 N–H and O–H groups in total. The first-order valence-corrected chi connectivity index (χ1v) is 9.22. The molecule has 0 aliphatic carbocycles. The number of aliphatic hydroxyl groups is 1. The van der Waals surface area contributed by atoms with E-state index < -0.39 is 5.60 Å². The third kappa shape index (κ3) is 6.12. The Morgan fingerprint density at radius 1 is 0.808 bits per heavy atom. The summed E-state index contributed by atoms with van der Waals surface area (Å²) in [6.45, 7) is 10.4. The molecule has 144 valence electrons. The van der Waals surface area contributed by atoms with E-state index in [1.807, 2.05) is 13.8 Å². The van der Waals surface area contributed by atoms with E-state index in [1.54, 1.807) is 39.8 Å². The second-order valence-corrected chi connectivity index (χ2v) is 9.21. The van der Waals surface area contributed by atoms with Crippen molar-refractivity contribution >= 4 is 35.8 Å². The summed E-state index contributed by atoms with van der Waals surface area (Å²) in [6, 6.07) is 5.87. The quantitative estimate of drug-likeness (QED) is 0.502. The Balaban J connectivity index is 0.000000260. The van der Waals surface area contributed by atoms with Gasteiger partial charge in [-0.1, -0.05) is 29.3 Å². The molecule has 0 amide bonds.